The van der Waals surface area contributed by atoms with Crippen molar-refractivity contribution in [1.82, 2.24) is 0 Å². The zero-order valence-corrected chi connectivity index (χ0v) is 24.1. The van der Waals surface area contributed by atoms with Crippen LogP contribution < -0.4 is 10.4 Å². The van der Waals surface area contributed by atoms with E-state index in [1.54, 1.807) is 21.5 Å². The molecule has 0 aliphatic carbocycles. The fourth-order valence-electron chi connectivity index (χ4n) is 5.24. The van der Waals surface area contributed by atoms with E-state index in [0.717, 1.165) is 0 Å². The molecular formula is C28H54Si2. The normalized spacial score (nSPS) is 12.5. The lowest BCUT2D eigenvalue weighted by Gasteiger charge is -2.30. The molecule has 0 saturated carbocycles. The highest BCUT2D eigenvalue weighted by molar-refractivity contribution is 6.91. The van der Waals surface area contributed by atoms with Crippen molar-refractivity contribution < 1.29 is 0 Å². The van der Waals surface area contributed by atoms with E-state index in [9.17, 15) is 0 Å². The minimum Gasteiger partial charge on any atom is -0.0654 e. The Labute approximate surface area is 192 Å². The van der Waals surface area contributed by atoms with Gasteiger partial charge in [0.05, 0.1) is 16.1 Å². The average molecular weight is 447 g/mol. The van der Waals surface area contributed by atoms with E-state index in [4.69, 9.17) is 0 Å². The van der Waals surface area contributed by atoms with E-state index in [0.29, 0.717) is 0 Å². The fraction of sp³-hybridized carbons (Fsp3) is 0.786. The molecule has 0 aromatic heterocycles. The summed E-state index contributed by atoms with van der Waals surface area (Å²) in [6, 6.07) is 8.17. The predicted octanol–water partition coefficient (Wildman–Crippen LogP) is 8.86. The largest absolute Gasteiger partial charge is 0.0809 e. The molecule has 0 heterocycles. The molecule has 0 amide bonds. The third-order valence-corrected chi connectivity index (χ3v) is 14.5. The van der Waals surface area contributed by atoms with E-state index in [1.165, 1.54) is 89.1 Å². The van der Waals surface area contributed by atoms with Crippen LogP contribution in [0.5, 0.6) is 0 Å². The molecule has 0 aliphatic rings. The predicted molar refractivity (Wildman–Crippen MR) is 147 cm³/mol. The molecule has 0 fully saturated rings. The summed E-state index contributed by atoms with van der Waals surface area (Å²) >= 11 is 0. The maximum absolute atomic E-state index is 2.63. The van der Waals surface area contributed by atoms with Crippen molar-refractivity contribution in [3.63, 3.8) is 0 Å². The Bertz CT molecular complexity index is 547. The van der Waals surface area contributed by atoms with E-state index in [2.05, 4.69) is 66.0 Å². The van der Waals surface area contributed by atoms with Gasteiger partial charge in [-0.25, -0.2) is 0 Å². The minimum atomic E-state index is -1.33. The van der Waals surface area contributed by atoms with Gasteiger partial charge in [0, 0.05) is 0 Å². The molecule has 1 rings (SSSR count). The number of aryl methyl sites for hydroxylation is 2. The highest BCUT2D eigenvalue weighted by atomic mass is 28.3. The van der Waals surface area contributed by atoms with Crippen LogP contribution in [-0.4, -0.2) is 16.1 Å². The lowest BCUT2D eigenvalue weighted by molar-refractivity contribution is 0.622. The Balaban J connectivity index is 2.72. The lowest BCUT2D eigenvalue weighted by atomic mass is 10.1. The van der Waals surface area contributed by atoms with Gasteiger partial charge in [0.1, 0.15) is 0 Å². The second-order valence-electron chi connectivity index (χ2n) is 11.3. The Morgan fingerprint density at radius 1 is 0.500 bits per heavy atom. The molecule has 0 radical (unpaired) electrons. The van der Waals surface area contributed by atoms with Gasteiger partial charge in [-0.3, -0.25) is 0 Å². The topological polar surface area (TPSA) is 0 Å². The van der Waals surface area contributed by atoms with Crippen molar-refractivity contribution in [2.45, 2.75) is 143 Å². The summed E-state index contributed by atoms with van der Waals surface area (Å²) in [6.07, 6.45) is 17.0. The van der Waals surface area contributed by atoms with Gasteiger partial charge in [0.2, 0.25) is 0 Å². The monoisotopic (exact) mass is 446 g/mol. The van der Waals surface area contributed by atoms with Crippen molar-refractivity contribution >= 4 is 26.5 Å². The molecule has 0 N–H and O–H groups in total. The van der Waals surface area contributed by atoms with Crippen molar-refractivity contribution in [2.24, 2.45) is 0 Å². The summed E-state index contributed by atoms with van der Waals surface area (Å²) in [5.74, 6) is 0. The van der Waals surface area contributed by atoms with Gasteiger partial charge in [0.25, 0.3) is 0 Å². The van der Waals surface area contributed by atoms with E-state index >= 15 is 0 Å². The Morgan fingerprint density at radius 2 is 0.800 bits per heavy atom. The maximum Gasteiger partial charge on any atom is 0.0809 e. The van der Waals surface area contributed by atoms with Crippen LogP contribution in [0.2, 0.25) is 38.3 Å². The van der Waals surface area contributed by atoms with Gasteiger partial charge in [0.15, 0.2) is 0 Å². The number of benzene rings is 1. The Morgan fingerprint density at radius 3 is 1.13 bits per heavy atom. The molecule has 1 aromatic rings. The van der Waals surface area contributed by atoms with Crippen molar-refractivity contribution in [3.05, 3.63) is 23.3 Å². The summed E-state index contributed by atoms with van der Waals surface area (Å²) in [5.41, 5.74) is 3.20. The Hall–Kier alpha value is -0.346. The molecule has 174 valence electrons. The van der Waals surface area contributed by atoms with Gasteiger partial charge < -0.3 is 0 Å². The van der Waals surface area contributed by atoms with Crippen LogP contribution in [0.15, 0.2) is 12.1 Å². The molecule has 2 heteroatoms. The standard InChI is InChI=1S/C28H54Si2/c1-9-11-13-15-17-19-21-29(5,6)27-23-26(4)28(24-25(27)3)30(7,8)22-20-18-16-14-12-10-2/h23-24H,9-22H2,1-8H3. The minimum absolute atomic E-state index is 1.33. The number of hydrogen-bond acceptors (Lipinski definition) is 0. The third-order valence-electron chi connectivity index (χ3n) is 7.34. The van der Waals surface area contributed by atoms with E-state index < -0.39 is 16.1 Å². The molecule has 0 unspecified atom stereocenters. The number of rotatable bonds is 16. The molecule has 0 nitrogen and oxygen atoms in total. The van der Waals surface area contributed by atoms with Gasteiger partial charge in [-0.05, 0) is 13.8 Å². The molecule has 0 aliphatic heterocycles. The lowest BCUT2D eigenvalue weighted by Crippen LogP contribution is -2.48. The van der Waals surface area contributed by atoms with Gasteiger partial charge in [-0.2, -0.15) is 0 Å². The van der Waals surface area contributed by atoms with Crippen LogP contribution in [0.1, 0.15) is 102 Å². The van der Waals surface area contributed by atoms with Crippen LogP contribution in [-0.2, 0) is 0 Å². The van der Waals surface area contributed by atoms with Crippen LogP contribution in [0.25, 0.3) is 0 Å². The van der Waals surface area contributed by atoms with Gasteiger partial charge in [-0.15, -0.1) is 0 Å². The zero-order chi connectivity index (χ0) is 22.6. The number of unbranched alkanes of at least 4 members (excludes halogenated alkanes) is 10. The molecule has 0 atom stereocenters. The summed E-state index contributed by atoms with van der Waals surface area (Å²) < 4.78 is 0. The van der Waals surface area contributed by atoms with Crippen LogP contribution in [0, 0.1) is 13.8 Å². The quantitative estimate of drug-likeness (QED) is 0.176. The van der Waals surface area contributed by atoms with Gasteiger partial charge in [-0.1, -0.05) is 163 Å². The highest BCUT2D eigenvalue weighted by Gasteiger charge is 2.29. The molecule has 30 heavy (non-hydrogen) atoms. The van der Waals surface area contributed by atoms with Crippen LogP contribution >= 0.6 is 0 Å². The zero-order valence-electron chi connectivity index (χ0n) is 22.1. The van der Waals surface area contributed by atoms with Crippen LogP contribution in [0.4, 0.5) is 0 Å². The first-order valence-corrected chi connectivity index (χ1v) is 19.7. The number of hydrogen-bond donors (Lipinski definition) is 0. The maximum atomic E-state index is 2.63. The summed E-state index contributed by atoms with van der Waals surface area (Å²) in [6.45, 7) is 19.9. The third kappa shape index (κ3) is 9.43. The van der Waals surface area contributed by atoms with E-state index in [-0.39, 0.29) is 0 Å². The fourth-order valence-corrected chi connectivity index (χ4v) is 11.5. The van der Waals surface area contributed by atoms with Gasteiger partial charge >= 0.3 is 0 Å². The summed E-state index contributed by atoms with van der Waals surface area (Å²) in [7, 11) is -2.67. The van der Waals surface area contributed by atoms with Crippen molar-refractivity contribution in [2.75, 3.05) is 0 Å². The Kier molecular flexibility index (Phi) is 12.9. The first-order chi connectivity index (χ1) is 14.2. The highest BCUT2D eigenvalue weighted by Crippen LogP contribution is 2.22. The van der Waals surface area contributed by atoms with Crippen molar-refractivity contribution in [1.29, 1.82) is 0 Å². The molecule has 0 bridgehead atoms. The summed E-state index contributed by atoms with van der Waals surface area (Å²) in [4.78, 5) is 0. The molecular weight excluding hydrogens is 392 g/mol. The van der Waals surface area contributed by atoms with E-state index in [1.807, 2.05) is 0 Å². The first kappa shape index (κ1) is 27.7. The second kappa shape index (κ2) is 13.9. The summed E-state index contributed by atoms with van der Waals surface area (Å²) in [5, 5.41) is 3.48. The molecule has 1 aromatic carbocycles. The molecule has 0 spiro atoms. The van der Waals surface area contributed by atoms with Crippen LogP contribution in [0.3, 0.4) is 0 Å². The smallest absolute Gasteiger partial charge is 0.0654 e. The average Bonchev–Trinajstić information content (AvgIpc) is 2.68. The first-order valence-electron chi connectivity index (χ1n) is 13.3. The molecule has 0 saturated heterocycles. The second-order valence-corrected chi connectivity index (χ2v) is 20.9. The SMILES string of the molecule is CCCCCCCC[Si](C)(C)c1cc(C)c([Si](C)(C)CCCCCCCC)cc1C. The van der Waals surface area contributed by atoms with Crippen molar-refractivity contribution in [3.8, 4) is 0 Å².